The number of nitrogens with zero attached hydrogens (tertiary/aromatic N) is 4. The Morgan fingerprint density at radius 2 is 2.11 bits per heavy atom. The van der Waals surface area contributed by atoms with Crippen LogP contribution in [0.3, 0.4) is 0 Å². The van der Waals surface area contributed by atoms with Crippen molar-refractivity contribution in [2.45, 2.75) is 51.6 Å². The molecule has 1 aliphatic heterocycles. The Hall–Kier alpha value is -2.63. The molecule has 2 unspecified atom stereocenters. The second-order valence-electron chi connectivity index (χ2n) is 8.51. The van der Waals surface area contributed by atoms with Gasteiger partial charge in [-0.15, -0.1) is 0 Å². The molecule has 0 bridgehead atoms. The molecule has 1 amide bonds. The Bertz CT molecular complexity index is 970. The molecule has 6 heteroatoms. The number of rotatable bonds is 4. The van der Waals surface area contributed by atoms with Gasteiger partial charge < -0.3 is 9.47 Å². The highest BCUT2D eigenvalue weighted by Crippen LogP contribution is 2.32. The molecule has 1 aliphatic carbocycles. The fourth-order valence-corrected chi connectivity index (χ4v) is 5.06. The maximum absolute atomic E-state index is 12.9. The highest BCUT2D eigenvalue weighted by atomic mass is 16.2. The molecule has 3 aromatic rings. The van der Waals surface area contributed by atoms with E-state index in [-0.39, 0.29) is 5.92 Å². The lowest BCUT2D eigenvalue weighted by molar-refractivity contribution is -0.136. The summed E-state index contributed by atoms with van der Waals surface area (Å²) in [7, 11) is 0. The molecule has 1 saturated carbocycles. The van der Waals surface area contributed by atoms with Crippen LogP contribution in [-0.4, -0.2) is 43.1 Å². The van der Waals surface area contributed by atoms with E-state index in [9.17, 15) is 4.79 Å². The molecule has 3 heterocycles. The fourth-order valence-electron chi connectivity index (χ4n) is 5.06. The molecule has 1 N–H and O–H groups in total. The highest BCUT2D eigenvalue weighted by Gasteiger charge is 2.36. The van der Waals surface area contributed by atoms with E-state index in [1.807, 2.05) is 18.7 Å². The van der Waals surface area contributed by atoms with Gasteiger partial charge >= 0.3 is 0 Å². The summed E-state index contributed by atoms with van der Waals surface area (Å²) < 4.78 is 2.25. The molecule has 1 aromatic carbocycles. The minimum Gasteiger partial charge on any atom is -0.339 e. The molecule has 0 radical (unpaired) electrons. The molecule has 1 saturated heterocycles. The van der Waals surface area contributed by atoms with Gasteiger partial charge in [0.1, 0.15) is 0 Å². The van der Waals surface area contributed by atoms with E-state index >= 15 is 0 Å². The van der Waals surface area contributed by atoms with Crippen LogP contribution in [0.1, 0.15) is 39.0 Å². The number of hydrogen-bond acceptors (Lipinski definition) is 3. The molecule has 146 valence electrons. The molecule has 0 spiro atoms. The Kier molecular flexibility index (Phi) is 4.41. The quantitative estimate of drug-likeness (QED) is 0.751. The zero-order valence-electron chi connectivity index (χ0n) is 16.3. The van der Waals surface area contributed by atoms with Crippen LogP contribution in [0.25, 0.3) is 22.2 Å². The maximum atomic E-state index is 12.9. The van der Waals surface area contributed by atoms with Gasteiger partial charge in [-0.3, -0.25) is 9.89 Å². The van der Waals surface area contributed by atoms with E-state index in [2.05, 4.69) is 49.8 Å². The summed E-state index contributed by atoms with van der Waals surface area (Å²) in [6.07, 6.45) is 11.3. The molecule has 6 nitrogen and oxygen atoms in total. The topological polar surface area (TPSA) is 66.8 Å². The van der Waals surface area contributed by atoms with E-state index in [4.69, 9.17) is 0 Å². The third-order valence-corrected chi connectivity index (χ3v) is 6.56. The van der Waals surface area contributed by atoms with Gasteiger partial charge in [-0.05, 0) is 49.8 Å². The average molecular weight is 377 g/mol. The average Bonchev–Trinajstić information content (AvgIpc) is 3.49. The van der Waals surface area contributed by atoms with E-state index in [0.29, 0.717) is 17.9 Å². The van der Waals surface area contributed by atoms with Crippen molar-refractivity contribution in [1.29, 1.82) is 0 Å². The van der Waals surface area contributed by atoms with Gasteiger partial charge in [-0.25, -0.2) is 4.98 Å². The number of likely N-dealkylation sites (tertiary alicyclic amines) is 1. The molecule has 2 aromatic heterocycles. The molecular weight excluding hydrogens is 350 g/mol. The Morgan fingerprint density at radius 3 is 2.89 bits per heavy atom. The van der Waals surface area contributed by atoms with Gasteiger partial charge in [0.15, 0.2) is 0 Å². The number of carbonyl (C=O) groups is 1. The van der Waals surface area contributed by atoms with Gasteiger partial charge in [0, 0.05) is 36.8 Å². The van der Waals surface area contributed by atoms with Crippen molar-refractivity contribution in [3.05, 3.63) is 36.9 Å². The third-order valence-electron chi connectivity index (χ3n) is 6.56. The second kappa shape index (κ2) is 7.08. The molecule has 5 rings (SSSR count). The van der Waals surface area contributed by atoms with Crippen molar-refractivity contribution in [1.82, 2.24) is 24.6 Å². The third kappa shape index (κ3) is 3.11. The van der Waals surface area contributed by atoms with Crippen LogP contribution in [0.15, 0.2) is 36.9 Å². The van der Waals surface area contributed by atoms with Crippen LogP contribution >= 0.6 is 0 Å². The van der Waals surface area contributed by atoms with Gasteiger partial charge in [-0.1, -0.05) is 18.9 Å². The first-order valence-corrected chi connectivity index (χ1v) is 10.4. The minimum atomic E-state index is 0.275. The first-order valence-electron chi connectivity index (χ1n) is 10.4. The standard InChI is InChI=1S/C22H27N5O/c1-15-8-16(13-27(15)22(28)17-4-2-3-5-17)12-26-14-23-20-9-18(6-7-21(20)26)19-10-24-25-11-19/h6-7,9-11,14-17H,2-5,8,12-13H2,1H3,(H,24,25). The summed E-state index contributed by atoms with van der Waals surface area (Å²) in [5.41, 5.74) is 4.35. The number of imidazole rings is 1. The van der Waals surface area contributed by atoms with Crippen LogP contribution in [0.2, 0.25) is 0 Å². The SMILES string of the molecule is CC1CC(Cn2cnc3cc(-c4cn[nH]c4)ccc32)CN1C(=O)C1CCCC1. The number of nitrogens with one attached hydrogen (secondary N) is 1. The van der Waals surface area contributed by atoms with Crippen molar-refractivity contribution in [3.8, 4) is 11.1 Å². The Labute approximate surface area is 164 Å². The van der Waals surface area contributed by atoms with Crippen LogP contribution in [0, 0.1) is 11.8 Å². The van der Waals surface area contributed by atoms with Gasteiger partial charge in [0.25, 0.3) is 0 Å². The van der Waals surface area contributed by atoms with Crippen molar-refractivity contribution >= 4 is 16.9 Å². The number of benzene rings is 1. The minimum absolute atomic E-state index is 0.275. The Balaban J connectivity index is 1.31. The number of hydrogen-bond donors (Lipinski definition) is 1. The van der Waals surface area contributed by atoms with Crippen LogP contribution in [0.4, 0.5) is 0 Å². The van der Waals surface area contributed by atoms with Crippen molar-refractivity contribution in [3.63, 3.8) is 0 Å². The second-order valence-corrected chi connectivity index (χ2v) is 8.51. The first-order chi connectivity index (χ1) is 13.7. The molecule has 2 atom stereocenters. The van der Waals surface area contributed by atoms with Gasteiger partial charge in [0.2, 0.25) is 5.91 Å². The monoisotopic (exact) mass is 377 g/mol. The van der Waals surface area contributed by atoms with Crippen molar-refractivity contribution in [2.24, 2.45) is 11.8 Å². The van der Waals surface area contributed by atoms with E-state index in [1.54, 1.807) is 0 Å². The van der Waals surface area contributed by atoms with Crippen molar-refractivity contribution in [2.75, 3.05) is 6.54 Å². The van der Waals surface area contributed by atoms with E-state index < -0.39 is 0 Å². The largest absolute Gasteiger partial charge is 0.339 e. The molecule has 28 heavy (non-hydrogen) atoms. The zero-order chi connectivity index (χ0) is 19.1. The predicted octanol–water partition coefficient (Wildman–Crippen LogP) is 3.85. The summed E-state index contributed by atoms with van der Waals surface area (Å²) in [6.45, 7) is 4.00. The number of fused-ring (bicyclic) bond motifs is 1. The van der Waals surface area contributed by atoms with Crippen LogP contribution in [-0.2, 0) is 11.3 Å². The molecular formula is C22H27N5O. The zero-order valence-corrected chi connectivity index (χ0v) is 16.3. The van der Waals surface area contributed by atoms with Crippen LogP contribution < -0.4 is 0 Å². The first kappa shape index (κ1) is 17.5. The lowest BCUT2D eigenvalue weighted by atomic mass is 10.1. The van der Waals surface area contributed by atoms with E-state index in [1.165, 1.54) is 12.8 Å². The molecule has 2 aliphatic rings. The number of aromatic nitrogens is 4. The van der Waals surface area contributed by atoms with Crippen molar-refractivity contribution < 1.29 is 4.79 Å². The van der Waals surface area contributed by atoms with E-state index in [0.717, 1.165) is 54.5 Å². The Morgan fingerprint density at radius 1 is 1.25 bits per heavy atom. The van der Waals surface area contributed by atoms with Crippen LogP contribution in [0.5, 0.6) is 0 Å². The fraction of sp³-hybridized carbons (Fsp3) is 0.500. The maximum Gasteiger partial charge on any atom is 0.225 e. The summed E-state index contributed by atoms with van der Waals surface area (Å²) in [4.78, 5) is 19.6. The number of amides is 1. The van der Waals surface area contributed by atoms with Gasteiger partial charge in [-0.2, -0.15) is 5.10 Å². The normalized spacial score (nSPS) is 23.1. The predicted molar refractivity (Wildman–Crippen MR) is 109 cm³/mol. The number of carbonyl (C=O) groups excluding carboxylic acids is 1. The summed E-state index contributed by atoms with van der Waals surface area (Å²) in [5.74, 6) is 1.16. The number of aromatic amines is 1. The smallest absolute Gasteiger partial charge is 0.225 e. The summed E-state index contributed by atoms with van der Waals surface area (Å²) >= 11 is 0. The lowest BCUT2D eigenvalue weighted by Gasteiger charge is -2.25. The number of H-pyrrole nitrogens is 1. The molecule has 2 fully saturated rings. The lowest BCUT2D eigenvalue weighted by Crippen LogP contribution is -2.38. The van der Waals surface area contributed by atoms with Gasteiger partial charge in [0.05, 0.1) is 23.6 Å². The summed E-state index contributed by atoms with van der Waals surface area (Å²) in [6, 6.07) is 6.73. The highest BCUT2D eigenvalue weighted by molar-refractivity contribution is 5.82. The summed E-state index contributed by atoms with van der Waals surface area (Å²) in [5, 5.41) is 6.89.